The maximum Gasteiger partial charge on any atom is 0.310 e. The first kappa shape index (κ1) is 13.4. The maximum absolute atomic E-state index is 12.5. The zero-order chi connectivity index (χ0) is 15.0. The lowest BCUT2D eigenvalue weighted by atomic mass is 9.92. The summed E-state index contributed by atoms with van der Waals surface area (Å²) in [5.41, 5.74) is 2.31. The summed E-state index contributed by atoms with van der Waals surface area (Å²) in [4.78, 5) is 23.7. The van der Waals surface area contributed by atoms with E-state index in [4.69, 9.17) is 14.3 Å². The molecule has 1 aromatic heterocycles. The van der Waals surface area contributed by atoms with Crippen molar-refractivity contribution in [2.24, 2.45) is 0 Å². The number of aliphatic carboxylic acids is 1. The molecule has 2 heterocycles. The van der Waals surface area contributed by atoms with Crippen LogP contribution < -0.4 is 4.74 Å². The molecule has 1 aliphatic heterocycles. The highest BCUT2D eigenvalue weighted by molar-refractivity contribution is 6.11. The van der Waals surface area contributed by atoms with Crippen LogP contribution in [0.3, 0.4) is 0 Å². The summed E-state index contributed by atoms with van der Waals surface area (Å²) < 4.78 is 10.5. The van der Waals surface area contributed by atoms with Crippen LogP contribution in [0.1, 0.15) is 39.9 Å². The van der Waals surface area contributed by atoms with Crippen LogP contribution in [0.25, 0.3) is 0 Å². The number of benzene rings is 1. The van der Waals surface area contributed by atoms with E-state index < -0.39 is 11.9 Å². The number of carbonyl (C=O) groups excluding carboxylic acids is 1. The SMILES string of the molecule is CC(C(=O)O)c1cc2c(c(C(=O)c3ccoc3)c1)OCC2. The molecule has 0 saturated heterocycles. The molecule has 0 aliphatic carbocycles. The number of carboxylic acid groups (broad SMARTS) is 1. The number of rotatable bonds is 4. The Balaban J connectivity index is 2.11. The van der Waals surface area contributed by atoms with Gasteiger partial charge in [-0.15, -0.1) is 0 Å². The molecule has 5 nitrogen and oxygen atoms in total. The van der Waals surface area contributed by atoms with Gasteiger partial charge in [0.15, 0.2) is 5.78 Å². The fourth-order valence-corrected chi connectivity index (χ4v) is 2.44. The molecule has 1 aliphatic rings. The van der Waals surface area contributed by atoms with Gasteiger partial charge >= 0.3 is 5.97 Å². The van der Waals surface area contributed by atoms with Gasteiger partial charge in [-0.25, -0.2) is 0 Å². The van der Waals surface area contributed by atoms with Crippen LogP contribution in [0, 0.1) is 0 Å². The van der Waals surface area contributed by atoms with Crippen molar-refractivity contribution in [3.05, 3.63) is 53.0 Å². The fourth-order valence-electron chi connectivity index (χ4n) is 2.44. The van der Waals surface area contributed by atoms with Crippen LogP contribution in [0.15, 0.2) is 35.1 Å². The van der Waals surface area contributed by atoms with Crippen LogP contribution in [-0.4, -0.2) is 23.5 Å². The molecule has 0 fully saturated rings. The van der Waals surface area contributed by atoms with E-state index in [0.717, 1.165) is 5.56 Å². The molecule has 0 radical (unpaired) electrons. The predicted octanol–water partition coefficient (Wildman–Crippen LogP) is 2.63. The van der Waals surface area contributed by atoms with Crippen molar-refractivity contribution in [2.45, 2.75) is 19.3 Å². The van der Waals surface area contributed by atoms with Crippen LogP contribution in [0.4, 0.5) is 0 Å². The zero-order valence-electron chi connectivity index (χ0n) is 11.5. The minimum Gasteiger partial charge on any atom is -0.492 e. The number of fused-ring (bicyclic) bond motifs is 1. The van der Waals surface area contributed by atoms with Crippen molar-refractivity contribution in [1.29, 1.82) is 0 Å². The monoisotopic (exact) mass is 286 g/mol. The average Bonchev–Trinajstić information content (AvgIpc) is 3.15. The summed E-state index contributed by atoms with van der Waals surface area (Å²) in [5.74, 6) is -1.26. The van der Waals surface area contributed by atoms with Crippen molar-refractivity contribution >= 4 is 11.8 Å². The number of ether oxygens (including phenoxy) is 1. The third-order valence-corrected chi connectivity index (χ3v) is 3.70. The minimum atomic E-state index is -0.921. The molecule has 5 heteroatoms. The van der Waals surface area contributed by atoms with Gasteiger partial charge in [-0.3, -0.25) is 9.59 Å². The van der Waals surface area contributed by atoms with Gasteiger partial charge in [0.1, 0.15) is 12.0 Å². The molecule has 1 unspecified atom stereocenters. The molecule has 1 atom stereocenters. The third kappa shape index (κ3) is 2.31. The maximum atomic E-state index is 12.5. The van der Waals surface area contributed by atoms with Gasteiger partial charge in [0.05, 0.1) is 29.9 Å². The highest BCUT2D eigenvalue weighted by Crippen LogP contribution is 2.34. The van der Waals surface area contributed by atoms with Gasteiger partial charge in [0.25, 0.3) is 0 Å². The highest BCUT2D eigenvalue weighted by atomic mass is 16.5. The lowest BCUT2D eigenvalue weighted by molar-refractivity contribution is -0.138. The Morgan fingerprint density at radius 1 is 1.33 bits per heavy atom. The molecule has 0 saturated carbocycles. The van der Waals surface area contributed by atoms with Crippen molar-refractivity contribution in [1.82, 2.24) is 0 Å². The normalized spacial score (nSPS) is 14.3. The summed E-state index contributed by atoms with van der Waals surface area (Å²) >= 11 is 0. The molecule has 1 aromatic carbocycles. The van der Waals surface area contributed by atoms with E-state index in [9.17, 15) is 9.59 Å². The Bertz CT molecular complexity index is 700. The van der Waals surface area contributed by atoms with Gasteiger partial charge in [0.2, 0.25) is 0 Å². The van der Waals surface area contributed by atoms with Crippen molar-refractivity contribution in [3.63, 3.8) is 0 Å². The van der Waals surface area contributed by atoms with E-state index in [0.29, 0.717) is 35.5 Å². The fraction of sp³-hybridized carbons (Fsp3) is 0.250. The lowest BCUT2D eigenvalue weighted by Crippen LogP contribution is -2.10. The highest BCUT2D eigenvalue weighted by Gasteiger charge is 2.26. The molecule has 2 aromatic rings. The molecule has 0 spiro atoms. The largest absolute Gasteiger partial charge is 0.492 e. The van der Waals surface area contributed by atoms with Crippen LogP contribution in [0.2, 0.25) is 0 Å². The molecule has 21 heavy (non-hydrogen) atoms. The molecule has 0 bridgehead atoms. The average molecular weight is 286 g/mol. The second kappa shape index (κ2) is 5.09. The van der Waals surface area contributed by atoms with Crippen LogP contribution in [-0.2, 0) is 11.2 Å². The first-order valence-corrected chi connectivity index (χ1v) is 6.67. The van der Waals surface area contributed by atoms with E-state index in [-0.39, 0.29) is 5.78 Å². The Hall–Kier alpha value is -2.56. The van der Waals surface area contributed by atoms with E-state index in [1.54, 1.807) is 19.1 Å². The first-order chi connectivity index (χ1) is 10.1. The molecule has 0 amide bonds. The van der Waals surface area contributed by atoms with E-state index >= 15 is 0 Å². The number of hydrogen-bond donors (Lipinski definition) is 1. The topological polar surface area (TPSA) is 76.7 Å². The van der Waals surface area contributed by atoms with Crippen LogP contribution in [0.5, 0.6) is 5.75 Å². The number of carboxylic acids is 1. The van der Waals surface area contributed by atoms with Crippen molar-refractivity contribution in [3.8, 4) is 5.75 Å². The number of furan rings is 1. The molecular formula is C16H14O5. The second-order valence-corrected chi connectivity index (χ2v) is 5.06. The van der Waals surface area contributed by atoms with Crippen molar-refractivity contribution < 1.29 is 23.8 Å². The third-order valence-electron chi connectivity index (χ3n) is 3.70. The number of hydrogen-bond acceptors (Lipinski definition) is 4. The predicted molar refractivity (Wildman–Crippen MR) is 73.8 cm³/mol. The van der Waals surface area contributed by atoms with E-state index in [2.05, 4.69) is 0 Å². The Labute approximate surface area is 121 Å². The van der Waals surface area contributed by atoms with Gasteiger partial charge in [0, 0.05) is 6.42 Å². The standard InChI is InChI=1S/C16H14O5/c1-9(16(18)19)12-6-10-3-5-21-15(10)13(7-12)14(17)11-2-4-20-8-11/h2,4,6-9H,3,5H2,1H3,(H,18,19). The Morgan fingerprint density at radius 3 is 2.81 bits per heavy atom. The molecule has 1 N–H and O–H groups in total. The molecule has 108 valence electrons. The summed E-state index contributed by atoms with van der Waals surface area (Å²) in [6, 6.07) is 5.00. The van der Waals surface area contributed by atoms with Gasteiger partial charge < -0.3 is 14.3 Å². The summed E-state index contributed by atoms with van der Waals surface area (Å²) in [7, 11) is 0. The van der Waals surface area contributed by atoms with Gasteiger partial charge in [-0.05, 0) is 30.2 Å². The molecular weight excluding hydrogens is 272 g/mol. The smallest absolute Gasteiger partial charge is 0.310 e. The number of ketones is 1. The second-order valence-electron chi connectivity index (χ2n) is 5.06. The molecule has 3 rings (SSSR count). The Kier molecular flexibility index (Phi) is 3.25. The summed E-state index contributed by atoms with van der Waals surface area (Å²) in [5, 5.41) is 9.17. The first-order valence-electron chi connectivity index (χ1n) is 6.67. The zero-order valence-corrected chi connectivity index (χ0v) is 11.5. The Morgan fingerprint density at radius 2 is 2.14 bits per heavy atom. The summed E-state index contributed by atoms with van der Waals surface area (Å²) in [6.45, 7) is 2.11. The van der Waals surface area contributed by atoms with Crippen LogP contribution >= 0.6 is 0 Å². The quantitative estimate of drug-likeness (QED) is 0.874. The number of carbonyl (C=O) groups is 2. The van der Waals surface area contributed by atoms with Crippen molar-refractivity contribution in [2.75, 3.05) is 6.61 Å². The van der Waals surface area contributed by atoms with Gasteiger partial charge in [-0.1, -0.05) is 6.07 Å². The van der Waals surface area contributed by atoms with E-state index in [1.807, 2.05) is 6.07 Å². The van der Waals surface area contributed by atoms with Gasteiger partial charge in [-0.2, -0.15) is 0 Å². The summed E-state index contributed by atoms with van der Waals surface area (Å²) in [6.07, 6.45) is 3.48. The minimum absolute atomic E-state index is 0.221. The lowest BCUT2D eigenvalue weighted by Gasteiger charge is -2.12. The van der Waals surface area contributed by atoms with E-state index in [1.165, 1.54) is 12.5 Å².